The molecule has 1 heterocycles. The molecule has 100 valence electrons. The maximum atomic E-state index is 5.85. The molecule has 0 amide bonds. The monoisotopic (exact) mass is 390 g/mol. The van der Waals surface area contributed by atoms with Gasteiger partial charge in [0.05, 0.1) is 6.10 Å². The predicted octanol–water partition coefficient (Wildman–Crippen LogP) is 3.66. The highest BCUT2D eigenvalue weighted by molar-refractivity contribution is 14.1. The molecule has 0 fully saturated rings. The summed E-state index contributed by atoms with van der Waals surface area (Å²) in [7, 11) is 0. The zero-order valence-electron chi connectivity index (χ0n) is 10.4. The lowest BCUT2D eigenvalue weighted by Gasteiger charge is -2.09. The van der Waals surface area contributed by atoms with E-state index in [0.717, 1.165) is 9.26 Å². The van der Waals surface area contributed by atoms with E-state index >= 15 is 0 Å². The molecule has 0 saturated heterocycles. The number of hydrogen-bond acceptors (Lipinski definition) is 5. The van der Waals surface area contributed by atoms with E-state index in [1.54, 1.807) is 0 Å². The van der Waals surface area contributed by atoms with Crippen LogP contribution in [0.25, 0.3) is 0 Å². The first-order valence-corrected chi connectivity index (χ1v) is 7.09. The Bertz CT molecular complexity index is 579. The fraction of sp³-hybridized carbons (Fsp3) is 0.250. The van der Waals surface area contributed by atoms with E-state index in [1.165, 1.54) is 0 Å². The molecule has 2 aromatic rings. The van der Waals surface area contributed by atoms with E-state index in [0.29, 0.717) is 5.95 Å². The molecule has 0 radical (unpaired) electrons. The van der Waals surface area contributed by atoms with Gasteiger partial charge in [0.1, 0.15) is 0 Å². The number of hydrogen-bond donors (Lipinski definition) is 1. The van der Waals surface area contributed by atoms with Crippen molar-refractivity contribution in [2.45, 2.75) is 20.0 Å². The average molecular weight is 391 g/mol. The number of anilines is 2. The summed E-state index contributed by atoms with van der Waals surface area (Å²) < 4.78 is 6.52. The smallest absolute Gasteiger partial charge is 0.322 e. The number of ether oxygens (including phenoxy) is 1. The third-order valence-corrected chi connectivity index (χ3v) is 2.85. The van der Waals surface area contributed by atoms with Crippen LogP contribution in [0.1, 0.15) is 13.8 Å². The molecule has 0 saturated carbocycles. The molecule has 19 heavy (non-hydrogen) atoms. The van der Waals surface area contributed by atoms with Crippen molar-refractivity contribution in [1.29, 1.82) is 0 Å². The number of aromatic nitrogens is 3. The molecule has 1 aromatic carbocycles. The number of halogens is 2. The van der Waals surface area contributed by atoms with E-state index in [2.05, 4.69) is 42.9 Å². The molecule has 0 aliphatic heterocycles. The van der Waals surface area contributed by atoms with Crippen LogP contribution in [0.15, 0.2) is 24.3 Å². The quantitative estimate of drug-likeness (QED) is 0.807. The molecule has 1 N–H and O–H groups in total. The fourth-order valence-electron chi connectivity index (χ4n) is 1.35. The topological polar surface area (TPSA) is 59.9 Å². The van der Waals surface area contributed by atoms with Crippen LogP contribution < -0.4 is 10.1 Å². The van der Waals surface area contributed by atoms with Crippen molar-refractivity contribution in [2.24, 2.45) is 0 Å². The van der Waals surface area contributed by atoms with E-state index in [1.807, 2.05) is 38.1 Å². The van der Waals surface area contributed by atoms with Crippen LogP contribution in [-0.2, 0) is 0 Å². The largest absolute Gasteiger partial charge is 0.461 e. The van der Waals surface area contributed by atoms with Crippen LogP contribution in [0.4, 0.5) is 11.6 Å². The van der Waals surface area contributed by atoms with Gasteiger partial charge in [0.2, 0.25) is 11.2 Å². The van der Waals surface area contributed by atoms with Crippen LogP contribution in [0, 0.1) is 3.57 Å². The van der Waals surface area contributed by atoms with Gasteiger partial charge in [-0.05, 0) is 66.2 Å². The SMILES string of the molecule is CC(C)Oc1nc(Cl)nc(Nc2cccc(I)c2)n1. The third-order valence-electron chi connectivity index (χ3n) is 2.01. The van der Waals surface area contributed by atoms with Crippen LogP contribution in [0.3, 0.4) is 0 Å². The van der Waals surface area contributed by atoms with Crippen LogP contribution >= 0.6 is 34.2 Å². The fourth-order valence-corrected chi connectivity index (χ4v) is 2.04. The zero-order valence-corrected chi connectivity index (χ0v) is 13.3. The average Bonchev–Trinajstić information content (AvgIpc) is 2.26. The summed E-state index contributed by atoms with van der Waals surface area (Å²) in [5.41, 5.74) is 0.879. The summed E-state index contributed by atoms with van der Waals surface area (Å²) >= 11 is 8.08. The highest BCUT2D eigenvalue weighted by atomic mass is 127. The van der Waals surface area contributed by atoms with Gasteiger partial charge < -0.3 is 10.1 Å². The highest BCUT2D eigenvalue weighted by Crippen LogP contribution is 2.18. The Labute approximate surface area is 129 Å². The van der Waals surface area contributed by atoms with E-state index < -0.39 is 0 Å². The second-order valence-corrected chi connectivity index (χ2v) is 5.60. The van der Waals surface area contributed by atoms with Gasteiger partial charge in [0.25, 0.3) is 0 Å². The molecule has 0 unspecified atom stereocenters. The van der Waals surface area contributed by atoms with Gasteiger partial charge in [-0.3, -0.25) is 0 Å². The second kappa shape index (κ2) is 6.33. The summed E-state index contributed by atoms with van der Waals surface area (Å²) in [4.78, 5) is 12.1. The van der Waals surface area contributed by atoms with Gasteiger partial charge in [0, 0.05) is 9.26 Å². The summed E-state index contributed by atoms with van der Waals surface area (Å²) in [5.74, 6) is 0.359. The van der Waals surface area contributed by atoms with Gasteiger partial charge in [0.15, 0.2) is 0 Å². The van der Waals surface area contributed by atoms with Crippen molar-refractivity contribution in [1.82, 2.24) is 15.0 Å². The molecule has 0 aliphatic carbocycles. The van der Waals surface area contributed by atoms with Gasteiger partial charge in [-0.2, -0.15) is 15.0 Å². The van der Waals surface area contributed by atoms with Crippen molar-refractivity contribution in [3.8, 4) is 6.01 Å². The van der Waals surface area contributed by atoms with E-state index in [4.69, 9.17) is 16.3 Å². The normalized spacial score (nSPS) is 10.6. The van der Waals surface area contributed by atoms with Crippen molar-refractivity contribution in [3.05, 3.63) is 33.1 Å². The van der Waals surface area contributed by atoms with Gasteiger partial charge >= 0.3 is 6.01 Å². The van der Waals surface area contributed by atoms with Gasteiger partial charge in [-0.1, -0.05) is 6.07 Å². The molecule has 1 aromatic heterocycles. The summed E-state index contributed by atoms with van der Waals surface area (Å²) in [5, 5.41) is 3.16. The number of benzene rings is 1. The lowest BCUT2D eigenvalue weighted by Crippen LogP contribution is -2.10. The first-order chi connectivity index (χ1) is 9.02. The molecule has 0 atom stereocenters. The maximum absolute atomic E-state index is 5.85. The molecule has 0 aliphatic rings. The first-order valence-electron chi connectivity index (χ1n) is 5.64. The predicted molar refractivity (Wildman–Crippen MR) is 83.0 cm³/mol. The Balaban J connectivity index is 2.22. The molecule has 7 heteroatoms. The molecule has 0 spiro atoms. The summed E-state index contributed by atoms with van der Waals surface area (Å²) in [6.45, 7) is 3.79. The van der Waals surface area contributed by atoms with Crippen molar-refractivity contribution in [2.75, 3.05) is 5.32 Å². The van der Waals surface area contributed by atoms with E-state index in [-0.39, 0.29) is 17.4 Å². The lowest BCUT2D eigenvalue weighted by atomic mass is 10.3. The van der Waals surface area contributed by atoms with Crippen LogP contribution in [-0.4, -0.2) is 21.1 Å². The molecule has 5 nitrogen and oxygen atoms in total. The Hall–Kier alpha value is -1.15. The second-order valence-electron chi connectivity index (χ2n) is 4.01. The number of nitrogens with zero attached hydrogens (tertiary/aromatic N) is 3. The molecular weight excluding hydrogens is 379 g/mol. The Morgan fingerprint density at radius 2 is 2.05 bits per heavy atom. The molecule has 2 rings (SSSR count). The Morgan fingerprint density at radius 1 is 1.26 bits per heavy atom. The van der Waals surface area contributed by atoms with Crippen molar-refractivity contribution < 1.29 is 4.74 Å². The minimum atomic E-state index is -0.0241. The Kier molecular flexibility index (Phi) is 4.76. The lowest BCUT2D eigenvalue weighted by molar-refractivity contribution is 0.222. The van der Waals surface area contributed by atoms with Crippen molar-refractivity contribution in [3.63, 3.8) is 0 Å². The summed E-state index contributed by atoms with van der Waals surface area (Å²) in [6.07, 6.45) is -0.0241. The van der Waals surface area contributed by atoms with Crippen molar-refractivity contribution >= 4 is 45.8 Å². The highest BCUT2D eigenvalue weighted by Gasteiger charge is 2.08. The van der Waals surface area contributed by atoms with E-state index in [9.17, 15) is 0 Å². The summed E-state index contributed by atoms with van der Waals surface area (Å²) in [6, 6.07) is 8.05. The third kappa shape index (κ3) is 4.46. The number of rotatable bonds is 4. The van der Waals surface area contributed by atoms with Crippen LogP contribution in [0.2, 0.25) is 5.28 Å². The van der Waals surface area contributed by atoms with Gasteiger partial charge in [-0.25, -0.2) is 0 Å². The van der Waals surface area contributed by atoms with Gasteiger partial charge in [-0.15, -0.1) is 0 Å². The Morgan fingerprint density at radius 3 is 2.74 bits per heavy atom. The first kappa shape index (κ1) is 14.3. The number of nitrogens with one attached hydrogen (secondary N) is 1. The standard InChI is InChI=1S/C12H12ClIN4O/c1-7(2)19-12-17-10(13)16-11(18-12)15-9-5-3-4-8(14)6-9/h3-7H,1-2H3,(H,15,16,17,18). The minimum absolute atomic E-state index is 0.0241. The molecular formula is C12H12ClIN4O. The molecule has 0 bridgehead atoms. The van der Waals surface area contributed by atoms with Crippen LogP contribution in [0.5, 0.6) is 6.01 Å². The maximum Gasteiger partial charge on any atom is 0.322 e. The minimum Gasteiger partial charge on any atom is -0.461 e. The zero-order chi connectivity index (χ0) is 13.8.